The lowest BCUT2D eigenvalue weighted by molar-refractivity contribution is -0.122. The summed E-state index contributed by atoms with van der Waals surface area (Å²) in [6, 6.07) is 17.4. The van der Waals surface area contributed by atoms with Crippen LogP contribution in [0.3, 0.4) is 0 Å². The molecule has 1 aliphatic rings. The van der Waals surface area contributed by atoms with Crippen LogP contribution in [-0.4, -0.2) is 21.5 Å². The summed E-state index contributed by atoms with van der Waals surface area (Å²) in [5.41, 5.74) is 5.47. The standard InChI is InChI=1S/C24H20BrN3O2S/c1-14-4-8-20(9-5-14)28-23(30)21(22(29)26-24(28)31)13-17-12-15(2)27(16(17)3)19-10-6-18(25)7-11-19/h4-13H,1-3H3,(H,26,29,31)/b21-13-. The molecule has 1 N–H and O–H groups in total. The Morgan fingerprint density at radius 1 is 0.935 bits per heavy atom. The highest BCUT2D eigenvalue weighted by molar-refractivity contribution is 9.10. The predicted octanol–water partition coefficient (Wildman–Crippen LogP) is 5.00. The number of benzene rings is 2. The van der Waals surface area contributed by atoms with E-state index in [4.69, 9.17) is 12.2 Å². The Morgan fingerprint density at radius 3 is 2.19 bits per heavy atom. The average Bonchev–Trinajstić information content (AvgIpc) is 3.00. The predicted molar refractivity (Wildman–Crippen MR) is 130 cm³/mol. The Bertz CT molecular complexity index is 1240. The van der Waals surface area contributed by atoms with Crippen LogP contribution in [0, 0.1) is 20.8 Å². The van der Waals surface area contributed by atoms with E-state index in [1.807, 2.05) is 75.4 Å². The van der Waals surface area contributed by atoms with Gasteiger partial charge >= 0.3 is 0 Å². The minimum Gasteiger partial charge on any atom is -0.318 e. The van der Waals surface area contributed by atoms with Gasteiger partial charge in [-0.2, -0.15) is 0 Å². The van der Waals surface area contributed by atoms with Crippen molar-refractivity contribution in [1.82, 2.24) is 9.88 Å². The molecule has 5 nitrogen and oxygen atoms in total. The van der Waals surface area contributed by atoms with Gasteiger partial charge < -0.3 is 4.57 Å². The third-order valence-electron chi connectivity index (χ3n) is 5.25. The van der Waals surface area contributed by atoms with Gasteiger partial charge in [-0.1, -0.05) is 33.6 Å². The molecule has 156 valence electrons. The summed E-state index contributed by atoms with van der Waals surface area (Å²) in [5.74, 6) is -0.933. The minimum absolute atomic E-state index is 0.0465. The van der Waals surface area contributed by atoms with Gasteiger partial charge in [-0.15, -0.1) is 0 Å². The molecular formula is C24H20BrN3O2S. The maximum Gasteiger partial charge on any atom is 0.270 e. The summed E-state index contributed by atoms with van der Waals surface area (Å²) >= 11 is 8.73. The van der Waals surface area contributed by atoms with Gasteiger partial charge in [0.1, 0.15) is 5.57 Å². The normalized spacial score (nSPS) is 15.5. The SMILES string of the molecule is Cc1ccc(N2C(=O)/C(=C\c3cc(C)n(-c4ccc(Br)cc4)c3C)C(=O)NC2=S)cc1. The van der Waals surface area contributed by atoms with Crippen LogP contribution >= 0.6 is 28.1 Å². The number of anilines is 1. The van der Waals surface area contributed by atoms with Gasteiger partial charge in [0.2, 0.25) is 0 Å². The molecule has 0 atom stereocenters. The number of amides is 2. The van der Waals surface area contributed by atoms with Crippen molar-refractivity contribution in [2.45, 2.75) is 20.8 Å². The van der Waals surface area contributed by atoms with Gasteiger partial charge in [0.25, 0.3) is 11.8 Å². The molecule has 1 fully saturated rings. The van der Waals surface area contributed by atoms with Crippen LogP contribution in [0.5, 0.6) is 0 Å². The largest absolute Gasteiger partial charge is 0.318 e. The Balaban J connectivity index is 1.75. The van der Waals surface area contributed by atoms with E-state index < -0.39 is 11.8 Å². The van der Waals surface area contributed by atoms with Crippen molar-refractivity contribution in [3.8, 4) is 5.69 Å². The maximum atomic E-state index is 13.2. The quantitative estimate of drug-likeness (QED) is 0.317. The number of nitrogens with one attached hydrogen (secondary N) is 1. The number of halogens is 1. The molecule has 2 aromatic carbocycles. The topological polar surface area (TPSA) is 54.3 Å². The Morgan fingerprint density at radius 2 is 1.55 bits per heavy atom. The molecule has 31 heavy (non-hydrogen) atoms. The van der Waals surface area contributed by atoms with Crippen LogP contribution in [0.4, 0.5) is 5.69 Å². The van der Waals surface area contributed by atoms with Crippen molar-refractivity contribution in [2.75, 3.05) is 4.90 Å². The van der Waals surface area contributed by atoms with Crippen LogP contribution in [0.25, 0.3) is 11.8 Å². The summed E-state index contributed by atoms with van der Waals surface area (Å²) in [4.78, 5) is 27.2. The first-order valence-electron chi connectivity index (χ1n) is 9.69. The van der Waals surface area contributed by atoms with Crippen LogP contribution in [-0.2, 0) is 9.59 Å². The fourth-order valence-corrected chi connectivity index (χ4v) is 4.21. The van der Waals surface area contributed by atoms with E-state index in [1.165, 1.54) is 4.90 Å². The molecule has 0 radical (unpaired) electrons. The molecule has 1 saturated heterocycles. The highest BCUT2D eigenvalue weighted by atomic mass is 79.9. The van der Waals surface area contributed by atoms with Crippen molar-refractivity contribution >= 4 is 56.8 Å². The summed E-state index contributed by atoms with van der Waals surface area (Å²) < 4.78 is 3.09. The van der Waals surface area contributed by atoms with Crippen LogP contribution < -0.4 is 10.2 Å². The number of hydrogen-bond donors (Lipinski definition) is 1. The first kappa shape index (κ1) is 21.2. The van der Waals surface area contributed by atoms with Gasteiger partial charge in [-0.05, 0) is 87.1 Å². The molecule has 0 saturated carbocycles. The molecule has 2 heterocycles. The first-order chi connectivity index (χ1) is 14.8. The zero-order valence-corrected chi connectivity index (χ0v) is 19.7. The van der Waals surface area contributed by atoms with Crippen LogP contribution in [0.15, 0.2) is 64.6 Å². The van der Waals surface area contributed by atoms with E-state index in [-0.39, 0.29) is 10.7 Å². The van der Waals surface area contributed by atoms with Crippen LogP contribution in [0.2, 0.25) is 0 Å². The van der Waals surface area contributed by atoms with Crippen molar-refractivity contribution in [3.05, 3.63) is 87.2 Å². The lowest BCUT2D eigenvalue weighted by Crippen LogP contribution is -2.54. The molecule has 0 spiro atoms. The molecule has 0 unspecified atom stereocenters. The second-order valence-corrected chi connectivity index (χ2v) is 8.73. The number of carbonyl (C=O) groups excluding carboxylic acids is 2. The number of aryl methyl sites for hydroxylation is 2. The molecule has 2 amide bonds. The molecule has 1 aliphatic heterocycles. The smallest absolute Gasteiger partial charge is 0.270 e. The molecule has 3 aromatic rings. The fourth-order valence-electron chi connectivity index (χ4n) is 3.66. The summed E-state index contributed by atoms with van der Waals surface area (Å²) in [6.07, 6.45) is 1.64. The van der Waals surface area contributed by atoms with E-state index in [2.05, 4.69) is 25.8 Å². The lowest BCUT2D eigenvalue weighted by atomic mass is 10.1. The molecule has 7 heteroatoms. The fraction of sp³-hybridized carbons (Fsp3) is 0.125. The van der Waals surface area contributed by atoms with Gasteiger partial charge in [-0.3, -0.25) is 19.8 Å². The number of nitrogens with zero attached hydrogens (tertiary/aromatic N) is 2. The van der Waals surface area contributed by atoms with Crippen molar-refractivity contribution in [3.63, 3.8) is 0 Å². The van der Waals surface area contributed by atoms with Crippen molar-refractivity contribution in [2.24, 2.45) is 0 Å². The minimum atomic E-state index is -0.494. The third-order valence-corrected chi connectivity index (χ3v) is 6.06. The number of aromatic nitrogens is 1. The molecule has 0 aliphatic carbocycles. The Kier molecular flexibility index (Phi) is 5.64. The Labute approximate surface area is 194 Å². The van der Waals surface area contributed by atoms with Crippen LogP contribution in [0.1, 0.15) is 22.5 Å². The van der Waals surface area contributed by atoms with E-state index in [0.717, 1.165) is 32.7 Å². The zero-order chi connectivity index (χ0) is 22.3. The third kappa shape index (κ3) is 3.98. The first-order valence-corrected chi connectivity index (χ1v) is 10.9. The maximum absolute atomic E-state index is 13.2. The second-order valence-electron chi connectivity index (χ2n) is 7.43. The van der Waals surface area contributed by atoms with Gasteiger partial charge in [0.15, 0.2) is 5.11 Å². The molecule has 0 bridgehead atoms. The van der Waals surface area contributed by atoms with E-state index in [9.17, 15) is 9.59 Å². The van der Waals surface area contributed by atoms with Gasteiger partial charge in [-0.25, -0.2) is 0 Å². The van der Waals surface area contributed by atoms with Crippen molar-refractivity contribution < 1.29 is 9.59 Å². The van der Waals surface area contributed by atoms with Gasteiger partial charge in [0.05, 0.1) is 5.69 Å². The highest BCUT2D eigenvalue weighted by Gasteiger charge is 2.34. The van der Waals surface area contributed by atoms with Crippen molar-refractivity contribution in [1.29, 1.82) is 0 Å². The summed E-state index contributed by atoms with van der Waals surface area (Å²) in [7, 11) is 0. The monoisotopic (exact) mass is 493 g/mol. The average molecular weight is 494 g/mol. The number of rotatable bonds is 3. The number of hydrogen-bond acceptors (Lipinski definition) is 3. The molecule has 4 rings (SSSR count). The number of carbonyl (C=O) groups is 2. The van der Waals surface area contributed by atoms with E-state index in [1.54, 1.807) is 6.08 Å². The lowest BCUT2D eigenvalue weighted by Gasteiger charge is -2.29. The highest BCUT2D eigenvalue weighted by Crippen LogP contribution is 2.26. The Hall–Kier alpha value is -3.03. The van der Waals surface area contributed by atoms with E-state index in [0.29, 0.717) is 5.69 Å². The summed E-state index contributed by atoms with van der Waals surface area (Å²) in [5, 5.41) is 2.72. The summed E-state index contributed by atoms with van der Waals surface area (Å²) in [6.45, 7) is 5.93. The number of thiocarbonyl (C=S) groups is 1. The van der Waals surface area contributed by atoms with E-state index >= 15 is 0 Å². The second kappa shape index (κ2) is 8.24. The molecular weight excluding hydrogens is 474 g/mol. The molecule has 1 aromatic heterocycles. The van der Waals surface area contributed by atoms with Gasteiger partial charge in [0, 0.05) is 21.5 Å². The zero-order valence-electron chi connectivity index (χ0n) is 17.3.